The molecule has 2 rings (SSSR count). The fourth-order valence-electron chi connectivity index (χ4n) is 2.22. The molecule has 1 N–H and O–H groups in total. The zero-order chi connectivity index (χ0) is 17.7. The van der Waals surface area contributed by atoms with Gasteiger partial charge in [-0.2, -0.15) is 8.78 Å². The molecule has 0 fully saturated rings. The van der Waals surface area contributed by atoms with Crippen molar-refractivity contribution in [1.29, 1.82) is 0 Å². The number of hydrogen-bond acceptors (Lipinski definition) is 2. The lowest BCUT2D eigenvalue weighted by atomic mass is 10.1. The number of benzene rings is 2. The molecule has 0 spiro atoms. The lowest BCUT2D eigenvalue weighted by molar-refractivity contribution is -0.0498. The molecule has 0 unspecified atom stereocenters. The predicted octanol–water partition coefficient (Wildman–Crippen LogP) is 4.73. The largest absolute Gasteiger partial charge is 0.435 e. The quantitative estimate of drug-likeness (QED) is 0.788. The number of rotatable bonds is 5. The summed E-state index contributed by atoms with van der Waals surface area (Å²) in [5.41, 5.74) is 4.28. The van der Waals surface area contributed by atoms with E-state index in [1.165, 1.54) is 17.7 Å². The van der Waals surface area contributed by atoms with Crippen molar-refractivity contribution in [2.75, 3.05) is 12.4 Å². The second kappa shape index (κ2) is 8.06. The molecular formula is C18H20F2N2OS. The highest BCUT2D eigenvalue weighted by atomic mass is 32.1. The Morgan fingerprint density at radius 1 is 1.17 bits per heavy atom. The van der Waals surface area contributed by atoms with Crippen molar-refractivity contribution in [1.82, 2.24) is 4.90 Å². The van der Waals surface area contributed by atoms with Crippen LogP contribution in [-0.4, -0.2) is 23.7 Å². The third kappa shape index (κ3) is 4.89. The lowest BCUT2D eigenvalue weighted by Gasteiger charge is -2.22. The Labute approximate surface area is 146 Å². The summed E-state index contributed by atoms with van der Waals surface area (Å²) in [6.45, 7) is 1.84. The van der Waals surface area contributed by atoms with Gasteiger partial charge in [0.1, 0.15) is 5.75 Å². The maximum absolute atomic E-state index is 12.1. The van der Waals surface area contributed by atoms with Crippen LogP contribution in [0.5, 0.6) is 5.75 Å². The Hall–Kier alpha value is -2.21. The summed E-state index contributed by atoms with van der Waals surface area (Å²) in [6.07, 6.45) is 0. The van der Waals surface area contributed by atoms with Gasteiger partial charge in [0.05, 0.1) is 0 Å². The number of anilines is 1. The fraction of sp³-hybridized carbons (Fsp3) is 0.278. The monoisotopic (exact) mass is 350 g/mol. The standard InChI is InChI=1S/C18H20F2N2OS/c1-12-5-4-6-16(13(12)2)21-18(24)22(3)11-14-7-9-15(10-8-14)23-17(19)20/h4-10,17H,11H2,1-3H3,(H,21,24). The predicted molar refractivity (Wildman–Crippen MR) is 96.7 cm³/mol. The van der Waals surface area contributed by atoms with Gasteiger partial charge in [-0.05, 0) is 61.0 Å². The molecule has 0 aliphatic rings. The highest BCUT2D eigenvalue weighted by Crippen LogP contribution is 2.19. The number of nitrogens with zero attached hydrogens (tertiary/aromatic N) is 1. The second-order valence-electron chi connectivity index (χ2n) is 5.56. The maximum atomic E-state index is 12.1. The minimum atomic E-state index is -2.81. The molecule has 0 radical (unpaired) electrons. The first-order valence-electron chi connectivity index (χ1n) is 7.49. The Balaban J connectivity index is 1.97. The van der Waals surface area contributed by atoms with Crippen LogP contribution in [0.15, 0.2) is 42.5 Å². The molecule has 0 amide bonds. The number of hydrogen-bond donors (Lipinski definition) is 1. The van der Waals surface area contributed by atoms with Gasteiger partial charge in [-0.15, -0.1) is 0 Å². The molecule has 128 valence electrons. The fourth-order valence-corrected chi connectivity index (χ4v) is 2.39. The SMILES string of the molecule is Cc1cccc(NC(=S)N(C)Cc2ccc(OC(F)F)cc2)c1C. The van der Waals surface area contributed by atoms with Crippen molar-refractivity contribution >= 4 is 23.0 Å². The van der Waals surface area contributed by atoms with Crippen LogP contribution >= 0.6 is 12.2 Å². The molecule has 0 aliphatic heterocycles. The van der Waals surface area contributed by atoms with Crippen molar-refractivity contribution in [2.45, 2.75) is 27.0 Å². The van der Waals surface area contributed by atoms with Crippen LogP contribution in [0.4, 0.5) is 14.5 Å². The van der Waals surface area contributed by atoms with Crippen LogP contribution in [-0.2, 0) is 6.54 Å². The van der Waals surface area contributed by atoms with Gasteiger partial charge in [-0.3, -0.25) is 0 Å². The molecule has 0 aromatic heterocycles. The van der Waals surface area contributed by atoms with Crippen LogP contribution in [0.3, 0.4) is 0 Å². The van der Waals surface area contributed by atoms with Gasteiger partial charge in [0.25, 0.3) is 0 Å². The third-order valence-corrected chi connectivity index (χ3v) is 4.17. The van der Waals surface area contributed by atoms with E-state index in [9.17, 15) is 8.78 Å². The third-order valence-electron chi connectivity index (χ3n) is 3.76. The van der Waals surface area contributed by atoms with Gasteiger partial charge in [-0.1, -0.05) is 24.3 Å². The molecular weight excluding hydrogens is 330 g/mol. The average molecular weight is 350 g/mol. The first-order chi connectivity index (χ1) is 11.4. The maximum Gasteiger partial charge on any atom is 0.387 e. The second-order valence-corrected chi connectivity index (χ2v) is 5.94. The van der Waals surface area contributed by atoms with E-state index in [1.54, 1.807) is 12.1 Å². The lowest BCUT2D eigenvalue weighted by Crippen LogP contribution is -2.30. The van der Waals surface area contributed by atoms with E-state index in [0.717, 1.165) is 16.8 Å². The van der Waals surface area contributed by atoms with Gasteiger partial charge < -0.3 is 15.0 Å². The zero-order valence-electron chi connectivity index (χ0n) is 13.8. The van der Waals surface area contributed by atoms with Crippen molar-refractivity contribution in [3.05, 3.63) is 59.2 Å². The number of aryl methyl sites for hydroxylation is 1. The molecule has 0 saturated heterocycles. The summed E-state index contributed by atoms with van der Waals surface area (Å²) in [5.74, 6) is 0.146. The summed E-state index contributed by atoms with van der Waals surface area (Å²) < 4.78 is 28.6. The molecule has 2 aromatic carbocycles. The topological polar surface area (TPSA) is 24.5 Å². The number of thiocarbonyl (C=S) groups is 1. The van der Waals surface area contributed by atoms with Crippen molar-refractivity contribution in [3.8, 4) is 5.75 Å². The van der Waals surface area contributed by atoms with E-state index in [0.29, 0.717) is 11.7 Å². The van der Waals surface area contributed by atoms with Gasteiger partial charge in [-0.25, -0.2) is 0 Å². The van der Waals surface area contributed by atoms with Crippen molar-refractivity contribution < 1.29 is 13.5 Å². The summed E-state index contributed by atoms with van der Waals surface area (Å²) in [4.78, 5) is 1.89. The van der Waals surface area contributed by atoms with Gasteiger partial charge in [0.2, 0.25) is 0 Å². The minimum absolute atomic E-state index is 0.146. The number of alkyl halides is 2. The Morgan fingerprint density at radius 2 is 1.83 bits per heavy atom. The van der Waals surface area contributed by atoms with Crippen molar-refractivity contribution in [2.24, 2.45) is 0 Å². The first kappa shape index (κ1) is 18.1. The Bertz CT molecular complexity index is 705. The highest BCUT2D eigenvalue weighted by molar-refractivity contribution is 7.80. The molecule has 0 saturated carbocycles. The molecule has 24 heavy (non-hydrogen) atoms. The number of ether oxygens (including phenoxy) is 1. The van der Waals surface area contributed by atoms with Crippen LogP contribution in [0.2, 0.25) is 0 Å². The van der Waals surface area contributed by atoms with Crippen LogP contribution in [0.1, 0.15) is 16.7 Å². The van der Waals surface area contributed by atoms with E-state index >= 15 is 0 Å². The van der Waals surface area contributed by atoms with Crippen LogP contribution < -0.4 is 10.1 Å². The van der Waals surface area contributed by atoms with E-state index in [-0.39, 0.29) is 5.75 Å². The average Bonchev–Trinajstić information content (AvgIpc) is 2.53. The number of nitrogens with one attached hydrogen (secondary N) is 1. The summed E-state index contributed by atoms with van der Waals surface area (Å²) in [7, 11) is 1.88. The molecule has 0 heterocycles. The Morgan fingerprint density at radius 3 is 2.46 bits per heavy atom. The molecule has 0 bridgehead atoms. The minimum Gasteiger partial charge on any atom is -0.435 e. The summed E-state index contributed by atoms with van der Waals surface area (Å²) >= 11 is 5.43. The molecule has 2 aromatic rings. The van der Waals surface area contributed by atoms with Gasteiger partial charge in [0.15, 0.2) is 5.11 Å². The van der Waals surface area contributed by atoms with E-state index in [4.69, 9.17) is 12.2 Å². The van der Waals surface area contributed by atoms with E-state index in [2.05, 4.69) is 23.0 Å². The van der Waals surface area contributed by atoms with Crippen LogP contribution in [0, 0.1) is 13.8 Å². The molecule has 6 heteroatoms. The molecule has 0 atom stereocenters. The van der Waals surface area contributed by atoms with Gasteiger partial charge >= 0.3 is 6.61 Å². The summed E-state index contributed by atoms with van der Waals surface area (Å²) in [6, 6.07) is 12.6. The van der Waals surface area contributed by atoms with E-state index in [1.807, 2.05) is 31.0 Å². The smallest absolute Gasteiger partial charge is 0.387 e. The van der Waals surface area contributed by atoms with E-state index < -0.39 is 6.61 Å². The summed E-state index contributed by atoms with van der Waals surface area (Å²) in [5, 5.41) is 3.84. The zero-order valence-corrected chi connectivity index (χ0v) is 14.7. The first-order valence-corrected chi connectivity index (χ1v) is 7.89. The van der Waals surface area contributed by atoms with Gasteiger partial charge in [0, 0.05) is 19.3 Å². The molecule has 0 aliphatic carbocycles. The number of halogens is 2. The normalized spacial score (nSPS) is 10.6. The highest BCUT2D eigenvalue weighted by Gasteiger charge is 2.09. The van der Waals surface area contributed by atoms with Crippen LogP contribution in [0.25, 0.3) is 0 Å². The van der Waals surface area contributed by atoms with Crippen molar-refractivity contribution in [3.63, 3.8) is 0 Å². The molecule has 3 nitrogen and oxygen atoms in total. The Kier molecular flexibility index (Phi) is 6.09.